The number of aromatic nitrogens is 3. The van der Waals surface area contributed by atoms with E-state index in [2.05, 4.69) is 15.0 Å². The first kappa shape index (κ1) is 8.40. The van der Waals surface area contributed by atoms with Crippen molar-refractivity contribution in [3.05, 3.63) is 23.7 Å². The Morgan fingerprint density at radius 1 is 1.38 bits per heavy atom. The molecule has 2 aromatic heterocycles. The highest BCUT2D eigenvalue weighted by Gasteiger charge is 2.03. The van der Waals surface area contributed by atoms with Crippen LogP contribution in [0.2, 0.25) is 5.28 Å². The van der Waals surface area contributed by atoms with E-state index in [9.17, 15) is 0 Å². The molecule has 0 bridgehead atoms. The van der Waals surface area contributed by atoms with Gasteiger partial charge in [0.1, 0.15) is 0 Å². The Morgan fingerprint density at radius 2 is 2.23 bits per heavy atom. The van der Waals surface area contributed by atoms with E-state index >= 15 is 0 Å². The van der Waals surface area contributed by atoms with E-state index < -0.39 is 0 Å². The summed E-state index contributed by atoms with van der Waals surface area (Å²) < 4.78 is 0. The van der Waals surface area contributed by atoms with Crippen molar-refractivity contribution < 1.29 is 0 Å². The average Bonchev–Trinajstić information content (AvgIpc) is 2.52. The zero-order valence-corrected chi connectivity index (χ0v) is 8.01. The predicted octanol–water partition coefficient (Wildman–Crippen LogP) is 1.84. The first-order chi connectivity index (χ1) is 6.25. The zero-order chi connectivity index (χ0) is 9.26. The fourth-order valence-electron chi connectivity index (χ4n) is 0.878. The van der Waals surface area contributed by atoms with Gasteiger partial charge in [-0.05, 0) is 17.7 Å². The smallest absolute Gasteiger partial charge is 0.222 e. The summed E-state index contributed by atoms with van der Waals surface area (Å²) in [6.07, 6.45) is 3.26. The van der Waals surface area contributed by atoms with Crippen molar-refractivity contribution >= 4 is 28.1 Å². The van der Waals surface area contributed by atoms with Crippen LogP contribution in [0.1, 0.15) is 0 Å². The maximum Gasteiger partial charge on any atom is 0.222 e. The van der Waals surface area contributed by atoms with E-state index in [-0.39, 0.29) is 5.28 Å². The molecule has 2 aromatic rings. The minimum atomic E-state index is 0.226. The number of halogens is 1. The molecule has 0 aliphatic heterocycles. The van der Waals surface area contributed by atoms with Crippen LogP contribution in [0.3, 0.4) is 0 Å². The molecule has 4 nitrogen and oxygen atoms in total. The highest BCUT2D eigenvalue weighted by Crippen LogP contribution is 2.25. The van der Waals surface area contributed by atoms with Crippen LogP contribution in [-0.4, -0.2) is 15.0 Å². The second-order valence-electron chi connectivity index (χ2n) is 2.27. The molecule has 0 atom stereocenters. The Balaban J connectivity index is 2.46. The monoisotopic (exact) mass is 212 g/mol. The quantitative estimate of drug-likeness (QED) is 0.733. The van der Waals surface area contributed by atoms with Gasteiger partial charge in [0.2, 0.25) is 5.28 Å². The Labute approximate surface area is 83.4 Å². The number of anilines is 1. The van der Waals surface area contributed by atoms with Crippen LogP contribution >= 0.6 is 22.9 Å². The van der Waals surface area contributed by atoms with Gasteiger partial charge in [0.05, 0.1) is 10.6 Å². The molecule has 2 N–H and O–H groups in total. The second kappa shape index (κ2) is 3.27. The third kappa shape index (κ3) is 1.76. The van der Waals surface area contributed by atoms with Crippen LogP contribution < -0.4 is 5.73 Å². The average molecular weight is 213 g/mol. The van der Waals surface area contributed by atoms with Gasteiger partial charge in [-0.15, -0.1) is 0 Å². The summed E-state index contributed by atoms with van der Waals surface area (Å²) in [5.74, 6) is 0. The molecule has 0 saturated heterocycles. The SMILES string of the molecule is Nc1ncc(-c2ccnc(Cl)n2)s1. The number of nitrogens with zero attached hydrogens (tertiary/aromatic N) is 3. The Bertz CT molecular complexity index is 428. The standard InChI is InChI=1S/C7H5ClN4S/c8-6-10-2-1-4(12-6)5-3-11-7(9)13-5/h1-3H,(H2,9,11). The van der Waals surface area contributed by atoms with Gasteiger partial charge in [-0.2, -0.15) is 0 Å². The molecule has 0 aliphatic rings. The van der Waals surface area contributed by atoms with E-state index in [1.165, 1.54) is 11.3 Å². The van der Waals surface area contributed by atoms with Crippen molar-refractivity contribution in [1.29, 1.82) is 0 Å². The van der Waals surface area contributed by atoms with E-state index in [0.717, 1.165) is 10.6 Å². The van der Waals surface area contributed by atoms with Crippen LogP contribution in [0.4, 0.5) is 5.13 Å². The molecular formula is C7H5ClN4S. The molecule has 0 saturated carbocycles. The predicted molar refractivity (Wildman–Crippen MR) is 52.6 cm³/mol. The lowest BCUT2D eigenvalue weighted by Crippen LogP contribution is -1.83. The van der Waals surface area contributed by atoms with Crippen molar-refractivity contribution in [3.63, 3.8) is 0 Å². The van der Waals surface area contributed by atoms with Crippen molar-refractivity contribution in [2.45, 2.75) is 0 Å². The number of nitrogens with two attached hydrogens (primary N) is 1. The molecule has 0 radical (unpaired) electrons. The van der Waals surface area contributed by atoms with Crippen LogP contribution in [-0.2, 0) is 0 Å². The molecule has 0 fully saturated rings. The lowest BCUT2D eigenvalue weighted by molar-refractivity contribution is 1.18. The summed E-state index contributed by atoms with van der Waals surface area (Å²) in [6, 6.07) is 1.76. The first-order valence-electron chi connectivity index (χ1n) is 3.46. The topological polar surface area (TPSA) is 64.7 Å². The van der Waals surface area contributed by atoms with E-state index in [1.54, 1.807) is 18.5 Å². The highest BCUT2D eigenvalue weighted by molar-refractivity contribution is 7.18. The van der Waals surface area contributed by atoms with Crippen LogP contribution in [0.15, 0.2) is 18.5 Å². The van der Waals surface area contributed by atoms with Crippen molar-refractivity contribution in [2.24, 2.45) is 0 Å². The van der Waals surface area contributed by atoms with Crippen LogP contribution in [0, 0.1) is 0 Å². The van der Waals surface area contributed by atoms with Gasteiger partial charge >= 0.3 is 0 Å². The molecule has 66 valence electrons. The molecule has 0 aliphatic carbocycles. The maximum atomic E-state index is 5.63. The number of thiazole rings is 1. The van der Waals surface area contributed by atoms with E-state index in [4.69, 9.17) is 17.3 Å². The summed E-state index contributed by atoms with van der Waals surface area (Å²) >= 11 is 7.00. The van der Waals surface area contributed by atoms with Crippen molar-refractivity contribution in [1.82, 2.24) is 15.0 Å². The molecule has 13 heavy (non-hydrogen) atoms. The van der Waals surface area contributed by atoms with Crippen LogP contribution in [0.5, 0.6) is 0 Å². The van der Waals surface area contributed by atoms with Gasteiger partial charge in [-0.3, -0.25) is 0 Å². The Hall–Kier alpha value is -1.20. The first-order valence-corrected chi connectivity index (χ1v) is 4.65. The van der Waals surface area contributed by atoms with Gasteiger partial charge in [-0.1, -0.05) is 11.3 Å². The zero-order valence-electron chi connectivity index (χ0n) is 6.44. The summed E-state index contributed by atoms with van der Waals surface area (Å²) in [6.45, 7) is 0. The fourth-order valence-corrected chi connectivity index (χ4v) is 1.68. The fraction of sp³-hybridized carbons (Fsp3) is 0. The van der Waals surface area contributed by atoms with Gasteiger partial charge in [0.15, 0.2) is 5.13 Å². The van der Waals surface area contributed by atoms with Gasteiger partial charge in [0, 0.05) is 12.4 Å². The molecule has 0 aromatic carbocycles. The minimum Gasteiger partial charge on any atom is -0.375 e. The minimum absolute atomic E-state index is 0.226. The third-order valence-electron chi connectivity index (χ3n) is 1.40. The number of hydrogen-bond donors (Lipinski definition) is 1. The summed E-state index contributed by atoms with van der Waals surface area (Å²) in [5.41, 5.74) is 6.23. The molecule has 0 amide bonds. The number of nitrogen functional groups attached to an aromatic ring is 1. The lowest BCUT2D eigenvalue weighted by atomic mass is 10.4. The molecule has 0 unspecified atom stereocenters. The van der Waals surface area contributed by atoms with Gasteiger partial charge < -0.3 is 5.73 Å². The molecular weight excluding hydrogens is 208 g/mol. The van der Waals surface area contributed by atoms with E-state index in [1.807, 2.05) is 0 Å². The normalized spacial score (nSPS) is 10.2. The molecule has 0 spiro atoms. The van der Waals surface area contributed by atoms with Crippen molar-refractivity contribution in [2.75, 3.05) is 5.73 Å². The number of hydrogen-bond acceptors (Lipinski definition) is 5. The molecule has 6 heteroatoms. The van der Waals surface area contributed by atoms with Gasteiger partial charge in [-0.25, -0.2) is 15.0 Å². The number of rotatable bonds is 1. The highest BCUT2D eigenvalue weighted by atomic mass is 35.5. The largest absolute Gasteiger partial charge is 0.375 e. The summed E-state index contributed by atoms with van der Waals surface area (Å²) in [5, 5.41) is 0.745. The van der Waals surface area contributed by atoms with Crippen LogP contribution in [0.25, 0.3) is 10.6 Å². The summed E-state index contributed by atoms with van der Waals surface area (Å²) in [4.78, 5) is 12.6. The van der Waals surface area contributed by atoms with Crippen molar-refractivity contribution in [3.8, 4) is 10.6 Å². The third-order valence-corrected chi connectivity index (χ3v) is 2.43. The lowest BCUT2D eigenvalue weighted by Gasteiger charge is -1.93. The van der Waals surface area contributed by atoms with E-state index in [0.29, 0.717) is 5.13 Å². The second-order valence-corrected chi connectivity index (χ2v) is 3.67. The molecule has 2 rings (SSSR count). The Kier molecular flexibility index (Phi) is 2.12. The summed E-state index contributed by atoms with van der Waals surface area (Å²) in [7, 11) is 0. The van der Waals surface area contributed by atoms with Gasteiger partial charge in [0.25, 0.3) is 0 Å². The maximum absolute atomic E-state index is 5.63. The molecule has 2 heterocycles. The Morgan fingerprint density at radius 3 is 2.85 bits per heavy atom.